The molecule has 1 atom stereocenters. The van der Waals surface area contributed by atoms with Crippen molar-refractivity contribution >= 4 is 0 Å². The highest BCUT2D eigenvalue weighted by Gasteiger charge is 2.05. The largest absolute Gasteiger partial charge is 0.316 e. The van der Waals surface area contributed by atoms with E-state index in [9.17, 15) is 4.39 Å². The summed E-state index contributed by atoms with van der Waals surface area (Å²) in [5.41, 5.74) is 2.34. The third kappa shape index (κ3) is 5.63. The zero-order valence-corrected chi connectivity index (χ0v) is 12.1. The van der Waals surface area contributed by atoms with Gasteiger partial charge in [-0.3, -0.25) is 0 Å². The lowest BCUT2D eigenvalue weighted by molar-refractivity contribution is 0.453. The Morgan fingerprint density at radius 3 is 2.56 bits per heavy atom. The van der Waals surface area contributed by atoms with Gasteiger partial charge in [0.05, 0.1) is 0 Å². The molecule has 0 radical (unpaired) electrons. The molecule has 0 saturated carbocycles. The zero-order chi connectivity index (χ0) is 13.5. The zero-order valence-electron chi connectivity index (χ0n) is 12.1. The molecular weight excluding hydrogens is 225 g/mol. The Bertz CT molecular complexity index is 360. The molecule has 2 heteroatoms. The molecule has 0 spiro atoms. The number of halogens is 1. The number of hydrogen-bond acceptors (Lipinski definition) is 1. The standard InChI is InChI=1S/C16H26FN/c1-12(2)10-18-11-13(3)5-7-15-9-16(17)8-6-14(15)4/h6,8-9,12-13,18H,5,7,10-11H2,1-4H3. The average Bonchev–Trinajstić information content (AvgIpc) is 2.30. The summed E-state index contributed by atoms with van der Waals surface area (Å²) in [6, 6.07) is 5.07. The lowest BCUT2D eigenvalue weighted by Gasteiger charge is -2.14. The molecule has 1 N–H and O–H groups in total. The van der Waals surface area contributed by atoms with Crippen LogP contribution in [0.2, 0.25) is 0 Å². The molecule has 0 aromatic heterocycles. The number of rotatable bonds is 7. The fourth-order valence-electron chi connectivity index (χ4n) is 2.03. The van der Waals surface area contributed by atoms with E-state index >= 15 is 0 Å². The smallest absolute Gasteiger partial charge is 0.123 e. The molecule has 1 aromatic rings. The van der Waals surface area contributed by atoms with E-state index in [-0.39, 0.29) is 5.82 Å². The van der Waals surface area contributed by atoms with Gasteiger partial charge in [-0.15, -0.1) is 0 Å². The van der Waals surface area contributed by atoms with Crippen LogP contribution in [-0.2, 0) is 6.42 Å². The van der Waals surface area contributed by atoms with Gasteiger partial charge in [0, 0.05) is 0 Å². The molecule has 0 aliphatic carbocycles. The third-order valence-electron chi connectivity index (χ3n) is 3.26. The van der Waals surface area contributed by atoms with Crippen molar-refractivity contribution < 1.29 is 4.39 Å². The summed E-state index contributed by atoms with van der Waals surface area (Å²) >= 11 is 0. The summed E-state index contributed by atoms with van der Waals surface area (Å²) in [4.78, 5) is 0. The lowest BCUT2D eigenvalue weighted by atomic mass is 9.98. The van der Waals surface area contributed by atoms with Crippen LogP contribution >= 0.6 is 0 Å². The molecule has 1 rings (SSSR count). The highest BCUT2D eigenvalue weighted by molar-refractivity contribution is 5.26. The molecule has 0 fully saturated rings. The average molecular weight is 251 g/mol. The highest BCUT2D eigenvalue weighted by atomic mass is 19.1. The first-order chi connectivity index (χ1) is 8.49. The fourth-order valence-corrected chi connectivity index (χ4v) is 2.03. The number of aryl methyl sites for hydroxylation is 2. The maximum atomic E-state index is 13.2. The third-order valence-corrected chi connectivity index (χ3v) is 3.26. The van der Waals surface area contributed by atoms with E-state index in [4.69, 9.17) is 0 Å². The number of benzene rings is 1. The second-order valence-corrected chi connectivity index (χ2v) is 5.77. The van der Waals surface area contributed by atoms with Crippen LogP contribution in [0.1, 0.15) is 38.3 Å². The second-order valence-electron chi connectivity index (χ2n) is 5.77. The Morgan fingerprint density at radius 1 is 1.17 bits per heavy atom. The van der Waals surface area contributed by atoms with Crippen molar-refractivity contribution in [2.75, 3.05) is 13.1 Å². The normalized spacial score (nSPS) is 13.0. The molecule has 1 nitrogen and oxygen atoms in total. The summed E-state index contributed by atoms with van der Waals surface area (Å²) in [5.74, 6) is 1.20. The molecule has 0 saturated heterocycles. The van der Waals surface area contributed by atoms with Gasteiger partial charge < -0.3 is 5.32 Å². The molecule has 1 aromatic carbocycles. The summed E-state index contributed by atoms with van der Waals surface area (Å²) in [6.45, 7) is 10.9. The van der Waals surface area contributed by atoms with Crippen LogP contribution < -0.4 is 5.32 Å². The van der Waals surface area contributed by atoms with Crippen LogP contribution in [0, 0.1) is 24.6 Å². The topological polar surface area (TPSA) is 12.0 Å². The van der Waals surface area contributed by atoms with Gasteiger partial charge in [0.2, 0.25) is 0 Å². The Hall–Kier alpha value is -0.890. The molecule has 0 amide bonds. The van der Waals surface area contributed by atoms with Gasteiger partial charge in [-0.25, -0.2) is 4.39 Å². The minimum atomic E-state index is -0.124. The Labute approximate surface area is 111 Å². The van der Waals surface area contributed by atoms with E-state index in [2.05, 4.69) is 33.0 Å². The Balaban J connectivity index is 2.33. The van der Waals surface area contributed by atoms with Crippen LogP contribution in [0.3, 0.4) is 0 Å². The SMILES string of the molecule is Cc1ccc(F)cc1CCC(C)CNCC(C)C. The van der Waals surface area contributed by atoms with E-state index < -0.39 is 0 Å². The van der Waals surface area contributed by atoms with E-state index in [0.717, 1.165) is 31.5 Å². The van der Waals surface area contributed by atoms with Crippen LogP contribution in [0.4, 0.5) is 4.39 Å². The van der Waals surface area contributed by atoms with E-state index in [1.54, 1.807) is 6.07 Å². The van der Waals surface area contributed by atoms with Crippen molar-refractivity contribution in [3.63, 3.8) is 0 Å². The summed E-state index contributed by atoms with van der Waals surface area (Å²) in [7, 11) is 0. The first kappa shape index (κ1) is 15.2. The van der Waals surface area contributed by atoms with Crippen molar-refractivity contribution in [1.29, 1.82) is 0 Å². The number of hydrogen-bond donors (Lipinski definition) is 1. The second kappa shape index (κ2) is 7.52. The van der Waals surface area contributed by atoms with Crippen LogP contribution in [-0.4, -0.2) is 13.1 Å². The molecule has 102 valence electrons. The van der Waals surface area contributed by atoms with Gasteiger partial charge >= 0.3 is 0 Å². The predicted octanol–water partition coefficient (Wildman–Crippen LogP) is 3.95. The van der Waals surface area contributed by atoms with Crippen molar-refractivity contribution in [2.45, 2.75) is 40.5 Å². The highest BCUT2D eigenvalue weighted by Crippen LogP contribution is 2.15. The van der Waals surface area contributed by atoms with Gasteiger partial charge in [0.25, 0.3) is 0 Å². The molecular formula is C16H26FN. The molecule has 1 unspecified atom stereocenters. The minimum absolute atomic E-state index is 0.124. The van der Waals surface area contributed by atoms with Gasteiger partial charge in [0.1, 0.15) is 5.82 Å². The number of nitrogens with one attached hydrogen (secondary N) is 1. The monoisotopic (exact) mass is 251 g/mol. The van der Waals surface area contributed by atoms with Gasteiger partial charge in [0.15, 0.2) is 0 Å². The van der Waals surface area contributed by atoms with Crippen molar-refractivity contribution in [1.82, 2.24) is 5.32 Å². The Kier molecular flexibility index (Phi) is 6.34. The van der Waals surface area contributed by atoms with E-state index in [0.29, 0.717) is 11.8 Å². The lowest BCUT2D eigenvalue weighted by Crippen LogP contribution is -2.25. The quantitative estimate of drug-likeness (QED) is 0.773. The van der Waals surface area contributed by atoms with Crippen molar-refractivity contribution in [3.05, 3.63) is 35.1 Å². The summed E-state index contributed by atoms with van der Waals surface area (Å²) in [5, 5.41) is 3.47. The van der Waals surface area contributed by atoms with Crippen LogP contribution in [0.5, 0.6) is 0 Å². The molecule has 0 bridgehead atoms. The minimum Gasteiger partial charge on any atom is -0.316 e. The summed E-state index contributed by atoms with van der Waals surface area (Å²) in [6.07, 6.45) is 2.07. The first-order valence-corrected chi connectivity index (χ1v) is 6.94. The maximum absolute atomic E-state index is 13.2. The van der Waals surface area contributed by atoms with Gasteiger partial charge in [-0.2, -0.15) is 0 Å². The fraction of sp³-hybridized carbons (Fsp3) is 0.625. The predicted molar refractivity (Wildman–Crippen MR) is 76.3 cm³/mol. The maximum Gasteiger partial charge on any atom is 0.123 e. The summed E-state index contributed by atoms with van der Waals surface area (Å²) < 4.78 is 13.2. The van der Waals surface area contributed by atoms with Gasteiger partial charge in [-0.05, 0) is 68.0 Å². The van der Waals surface area contributed by atoms with Gasteiger partial charge in [-0.1, -0.05) is 26.8 Å². The van der Waals surface area contributed by atoms with Crippen molar-refractivity contribution in [3.8, 4) is 0 Å². The van der Waals surface area contributed by atoms with E-state index in [1.807, 2.05) is 6.07 Å². The molecule has 0 aliphatic heterocycles. The van der Waals surface area contributed by atoms with E-state index in [1.165, 1.54) is 11.6 Å². The van der Waals surface area contributed by atoms with Crippen LogP contribution in [0.15, 0.2) is 18.2 Å². The molecule has 0 heterocycles. The molecule has 0 aliphatic rings. The first-order valence-electron chi connectivity index (χ1n) is 6.94. The Morgan fingerprint density at radius 2 is 1.89 bits per heavy atom. The van der Waals surface area contributed by atoms with Crippen LogP contribution in [0.25, 0.3) is 0 Å². The molecule has 18 heavy (non-hydrogen) atoms. The van der Waals surface area contributed by atoms with Crippen molar-refractivity contribution in [2.24, 2.45) is 11.8 Å².